The first-order chi connectivity index (χ1) is 14.7. The van der Waals surface area contributed by atoms with Gasteiger partial charge in [-0.1, -0.05) is 66.7 Å². The zero-order valence-electron chi connectivity index (χ0n) is 16.6. The number of rotatable bonds is 4. The maximum atomic E-state index is 12.5. The van der Waals surface area contributed by atoms with Crippen molar-refractivity contribution in [2.24, 2.45) is 0 Å². The average Bonchev–Trinajstić information content (AvgIpc) is 3.14. The number of aromatic amines is 1. The van der Waals surface area contributed by atoms with Crippen LogP contribution in [0.1, 0.15) is 11.1 Å². The smallest absolute Gasteiger partial charge is 0.230 e. The SMILES string of the molecule is Cc1cc2[nH]nc(NC(=O)Cc3ccccc3)c2cc1-c1ccc2ccccc2c1. The summed E-state index contributed by atoms with van der Waals surface area (Å²) in [5.41, 5.74) is 5.32. The molecule has 2 N–H and O–H groups in total. The molecule has 0 aliphatic heterocycles. The van der Waals surface area contributed by atoms with Crippen molar-refractivity contribution in [3.8, 4) is 11.1 Å². The Morgan fingerprint density at radius 3 is 2.50 bits per heavy atom. The van der Waals surface area contributed by atoms with E-state index in [2.05, 4.69) is 77.0 Å². The van der Waals surface area contributed by atoms with Crippen molar-refractivity contribution in [1.29, 1.82) is 0 Å². The summed E-state index contributed by atoms with van der Waals surface area (Å²) in [6, 6.07) is 28.7. The van der Waals surface area contributed by atoms with Crippen LogP contribution < -0.4 is 5.32 Å². The highest BCUT2D eigenvalue weighted by Crippen LogP contribution is 2.32. The van der Waals surface area contributed by atoms with Gasteiger partial charge in [-0.15, -0.1) is 0 Å². The van der Waals surface area contributed by atoms with Gasteiger partial charge in [-0.25, -0.2) is 0 Å². The summed E-state index contributed by atoms with van der Waals surface area (Å²) in [4.78, 5) is 12.5. The fourth-order valence-electron chi connectivity index (χ4n) is 3.89. The lowest BCUT2D eigenvalue weighted by atomic mass is 9.96. The van der Waals surface area contributed by atoms with E-state index >= 15 is 0 Å². The van der Waals surface area contributed by atoms with Gasteiger partial charge in [0, 0.05) is 5.39 Å². The van der Waals surface area contributed by atoms with E-state index in [9.17, 15) is 4.79 Å². The Bertz CT molecular complexity index is 1370. The summed E-state index contributed by atoms with van der Waals surface area (Å²) in [5, 5.41) is 13.7. The molecule has 1 heterocycles. The molecule has 0 spiro atoms. The van der Waals surface area contributed by atoms with Crippen LogP contribution in [0.25, 0.3) is 32.8 Å². The highest BCUT2D eigenvalue weighted by molar-refractivity contribution is 6.02. The maximum Gasteiger partial charge on any atom is 0.230 e. The number of carbonyl (C=O) groups is 1. The van der Waals surface area contributed by atoms with Crippen molar-refractivity contribution in [1.82, 2.24) is 10.2 Å². The number of aryl methyl sites for hydroxylation is 1. The molecule has 4 aromatic carbocycles. The Balaban J connectivity index is 1.50. The number of hydrogen-bond donors (Lipinski definition) is 2. The van der Waals surface area contributed by atoms with Gasteiger partial charge in [-0.05, 0) is 58.1 Å². The van der Waals surface area contributed by atoms with Gasteiger partial charge in [0.25, 0.3) is 0 Å². The lowest BCUT2D eigenvalue weighted by Gasteiger charge is -2.09. The zero-order chi connectivity index (χ0) is 20.5. The quantitative estimate of drug-likeness (QED) is 0.402. The van der Waals surface area contributed by atoms with Gasteiger partial charge in [0.15, 0.2) is 5.82 Å². The van der Waals surface area contributed by atoms with E-state index in [1.807, 2.05) is 30.3 Å². The first kappa shape index (κ1) is 18.1. The van der Waals surface area contributed by atoms with Crippen LogP contribution in [0.2, 0.25) is 0 Å². The second-order valence-electron chi connectivity index (χ2n) is 7.56. The molecule has 1 aromatic heterocycles. The third kappa shape index (κ3) is 3.44. The maximum absolute atomic E-state index is 12.5. The first-order valence-electron chi connectivity index (χ1n) is 9.99. The van der Waals surface area contributed by atoms with Gasteiger partial charge in [0.1, 0.15) is 0 Å². The molecule has 0 aliphatic carbocycles. The van der Waals surface area contributed by atoms with Crippen LogP contribution in [-0.2, 0) is 11.2 Å². The zero-order valence-corrected chi connectivity index (χ0v) is 16.6. The molecule has 0 unspecified atom stereocenters. The van der Waals surface area contributed by atoms with Gasteiger partial charge in [0.2, 0.25) is 5.91 Å². The largest absolute Gasteiger partial charge is 0.308 e. The summed E-state index contributed by atoms with van der Waals surface area (Å²) >= 11 is 0. The van der Waals surface area contributed by atoms with E-state index in [1.54, 1.807) is 0 Å². The fraction of sp³-hybridized carbons (Fsp3) is 0.0769. The van der Waals surface area contributed by atoms with Gasteiger partial charge >= 0.3 is 0 Å². The first-order valence-corrected chi connectivity index (χ1v) is 9.99. The number of nitrogens with one attached hydrogen (secondary N) is 2. The molecule has 5 rings (SSSR count). The van der Waals surface area contributed by atoms with Gasteiger partial charge in [-0.3, -0.25) is 9.89 Å². The van der Waals surface area contributed by atoms with Crippen molar-refractivity contribution >= 4 is 33.4 Å². The van der Waals surface area contributed by atoms with Crippen LogP contribution in [0.5, 0.6) is 0 Å². The lowest BCUT2D eigenvalue weighted by molar-refractivity contribution is -0.115. The number of amides is 1. The molecule has 0 saturated heterocycles. The molecule has 0 bridgehead atoms. The van der Waals surface area contributed by atoms with E-state index in [4.69, 9.17) is 0 Å². The molecule has 1 amide bonds. The van der Waals surface area contributed by atoms with Crippen LogP contribution in [-0.4, -0.2) is 16.1 Å². The van der Waals surface area contributed by atoms with Gasteiger partial charge in [-0.2, -0.15) is 5.10 Å². The summed E-state index contributed by atoms with van der Waals surface area (Å²) < 4.78 is 0. The van der Waals surface area contributed by atoms with Gasteiger partial charge < -0.3 is 5.32 Å². The molecule has 30 heavy (non-hydrogen) atoms. The summed E-state index contributed by atoms with van der Waals surface area (Å²) in [5.74, 6) is 0.482. The van der Waals surface area contributed by atoms with E-state index < -0.39 is 0 Å². The van der Waals surface area contributed by atoms with Crippen molar-refractivity contribution < 1.29 is 4.79 Å². The number of benzene rings is 4. The van der Waals surface area contributed by atoms with E-state index in [1.165, 1.54) is 10.8 Å². The minimum atomic E-state index is -0.0811. The Morgan fingerprint density at radius 2 is 1.67 bits per heavy atom. The monoisotopic (exact) mass is 391 g/mol. The second-order valence-corrected chi connectivity index (χ2v) is 7.56. The topological polar surface area (TPSA) is 57.8 Å². The molecule has 0 saturated carbocycles. The number of H-pyrrole nitrogens is 1. The number of aromatic nitrogens is 2. The molecule has 4 nitrogen and oxygen atoms in total. The summed E-state index contributed by atoms with van der Waals surface area (Å²) in [6.45, 7) is 2.10. The van der Waals surface area contributed by atoms with Crippen LogP contribution in [0.4, 0.5) is 5.82 Å². The number of carbonyl (C=O) groups excluding carboxylic acids is 1. The predicted molar refractivity (Wildman–Crippen MR) is 123 cm³/mol. The fourth-order valence-corrected chi connectivity index (χ4v) is 3.89. The van der Waals surface area contributed by atoms with Crippen molar-refractivity contribution in [2.45, 2.75) is 13.3 Å². The average molecular weight is 391 g/mol. The van der Waals surface area contributed by atoms with Crippen molar-refractivity contribution in [3.63, 3.8) is 0 Å². The van der Waals surface area contributed by atoms with Crippen LogP contribution in [0.15, 0.2) is 84.9 Å². The highest BCUT2D eigenvalue weighted by Gasteiger charge is 2.13. The van der Waals surface area contributed by atoms with Crippen molar-refractivity contribution in [3.05, 3.63) is 96.1 Å². The van der Waals surface area contributed by atoms with Gasteiger partial charge in [0.05, 0.1) is 11.9 Å². The van der Waals surface area contributed by atoms with E-state index in [0.717, 1.165) is 33.2 Å². The molecule has 0 aliphatic rings. The minimum Gasteiger partial charge on any atom is -0.308 e. The van der Waals surface area contributed by atoms with Crippen LogP contribution in [0.3, 0.4) is 0 Å². The Labute approximate surface area is 174 Å². The normalized spacial score (nSPS) is 11.1. The third-order valence-electron chi connectivity index (χ3n) is 5.43. The van der Waals surface area contributed by atoms with E-state index in [0.29, 0.717) is 12.2 Å². The van der Waals surface area contributed by atoms with E-state index in [-0.39, 0.29) is 5.91 Å². The number of nitrogens with zero attached hydrogens (tertiary/aromatic N) is 1. The van der Waals surface area contributed by atoms with Crippen LogP contribution in [0, 0.1) is 6.92 Å². The molecule has 4 heteroatoms. The standard InChI is InChI=1S/C26H21N3O/c1-17-13-24-23(16-22(17)21-12-11-19-9-5-6-10-20(19)15-21)26(29-28-24)27-25(30)14-18-7-3-2-4-8-18/h2-13,15-16H,14H2,1H3,(H2,27,28,29,30). The number of anilines is 1. The predicted octanol–water partition coefficient (Wildman–Crippen LogP) is 5.87. The van der Waals surface area contributed by atoms with Crippen LogP contribution >= 0.6 is 0 Å². The third-order valence-corrected chi connectivity index (χ3v) is 5.43. The molecule has 0 atom stereocenters. The Kier molecular flexibility index (Phi) is 4.52. The van der Waals surface area contributed by atoms with Crippen molar-refractivity contribution in [2.75, 3.05) is 5.32 Å². The molecule has 146 valence electrons. The Hall–Kier alpha value is -3.92. The summed E-state index contributed by atoms with van der Waals surface area (Å²) in [6.07, 6.45) is 0.318. The molecule has 5 aromatic rings. The lowest BCUT2D eigenvalue weighted by Crippen LogP contribution is -2.14. The molecular formula is C26H21N3O. The highest BCUT2D eigenvalue weighted by atomic mass is 16.1. The molecule has 0 fully saturated rings. The summed E-state index contributed by atoms with van der Waals surface area (Å²) in [7, 11) is 0. The Morgan fingerprint density at radius 1 is 0.900 bits per heavy atom. The minimum absolute atomic E-state index is 0.0811. The second kappa shape index (κ2) is 7.48. The number of hydrogen-bond acceptors (Lipinski definition) is 2. The molecule has 0 radical (unpaired) electrons. The molecular weight excluding hydrogens is 370 g/mol. The number of fused-ring (bicyclic) bond motifs is 2.